The number of carbonyl (C=O) groups is 3. The van der Waals surface area contributed by atoms with Crippen molar-refractivity contribution < 1.29 is 24.2 Å². The summed E-state index contributed by atoms with van der Waals surface area (Å²) in [5.41, 5.74) is 0.644. The van der Waals surface area contributed by atoms with Crippen molar-refractivity contribution in [2.24, 2.45) is 17.8 Å². The zero-order chi connectivity index (χ0) is 26.9. The van der Waals surface area contributed by atoms with Crippen molar-refractivity contribution in [3.8, 4) is 0 Å². The molecular formula is C28H35ClN2O5S. The van der Waals surface area contributed by atoms with E-state index in [1.54, 1.807) is 51.9 Å². The highest BCUT2D eigenvalue weighted by atomic mass is 35.5. The molecule has 2 amide bonds. The summed E-state index contributed by atoms with van der Waals surface area (Å²) in [6, 6.07) is 5.59. The van der Waals surface area contributed by atoms with E-state index < -0.39 is 34.6 Å². The third-order valence-corrected chi connectivity index (χ3v) is 10.4. The smallest absolute Gasteiger partial charge is 0.311 e. The molecule has 3 aliphatic heterocycles. The molecule has 3 heterocycles. The standard InChI is InChI=1S/C28H35ClN2O5S/c1-5-14-30(19-10-8-18(29)9-11-19)26(34)24-28-13-12-21(37-28)22(27(35)36-15-6-2)23(28)25(33)31(24)20(16-32)17(4)7-3/h5-6,8-11,17,20-24,32H,1-2,7,12-16H2,3-4H3/t17-,20-,21+,22-,23-,24?,28?/m0/s1. The molecule has 4 rings (SSSR count). The van der Waals surface area contributed by atoms with Gasteiger partial charge in [0.1, 0.15) is 12.6 Å². The molecule has 1 spiro atoms. The number of thioether (sulfide) groups is 1. The van der Waals surface area contributed by atoms with Crippen LogP contribution in [-0.2, 0) is 19.1 Å². The molecule has 7 atom stereocenters. The lowest BCUT2D eigenvalue weighted by atomic mass is 9.71. The van der Waals surface area contributed by atoms with E-state index >= 15 is 0 Å². The normalized spacial score (nSPS) is 29.5. The van der Waals surface area contributed by atoms with Crippen molar-refractivity contribution in [3.05, 3.63) is 54.6 Å². The van der Waals surface area contributed by atoms with Gasteiger partial charge < -0.3 is 19.6 Å². The van der Waals surface area contributed by atoms with Crippen LogP contribution in [-0.4, -0.2) is 69.6 Å². The van der Waals surface area contributed by atoms with Crippen molar-refractivity contribution >= 4 is 46.8 Å². The van der Waals surface area contributed by atoms with Gasteiger partial charge in [0.25, 0.3) is 5.91 Å². The van der Waals surface area contributed by atoms with Gasteiger partial charge in [0.05, 0.1) is 29.2 Å². The highest BCUT2D eigenvalue weighted by Crippen LogP contribution is 2.67. The minimum Gasteiger partial charge on any atom is -0.461 e. The van der Waals surface area contributed by atoms with Crippen LogP contribution in [0.4, 0.5) is 5.69 Å². The zero-order valence-electron chi connectivity index (χ0n) is 21.3. The molecule has 200 valence electrons. The predicted octanol–water partition coefficient (Wildman–Crippen LogP) is 4.09. The van der Waals surface area contributed by atoms with Crippen molar-refractivity contribution in [2.75, 3.05) is 24.7 Å². The molecule has 0 radical (unpaired) electrons. The van der Waals surface area contributed by atoms with E-state index in [1.165, 1.54) is 6.08 Å². The molecule has 0 saturated carbocycles. The molecule has 3 aliphatic rings. The lowest BCUT2D eigenvalue weighted by molar-refractivity contribution is -0.153. The summed E-state index contributed by atoms with van der Waals surface area (Å²) in [6.45, 7) is 11.5. The Morgan fingerprint density at radius 1 is 1.32 bits per heavy atom. The first-order chi connectivity index (χ1) is 17.7. The van der Waals surface area contributed by atoms with Crippen molar-refractivity contribution in [2.45, 2.75) is 55.2 Å². The highest BCUT2D eigenvalue weighted by molar-refractivity contribution is 8.02. The van der Waals surface area contributed by atoms with E-state index in [0.717, 1.165) is 12.8 Å². The number of nitrogens with zero attached hydrogens (tertiary/aromatic N) is 2. The monoisotopic (exact) mass is 546 g/mol. The van der Waals surface area contributed by atoms with Crippen LogP contribution in [0.3, 0.4) is 0 Å². The minimum atomic E-state index is -0.834. The predicted molar refractivity (Wildman–Crippen MR) is 146 cm³/mol. The van der Waals surface area contributed by atoms with E-state index in [-0.39, 0.29) is 42.7 Å². The Kier molecular flexibility index (Phi) is 8.41. The number of aliphatic hydroxyl groups is 1. The van der Waals surface area contributed by atoms with Gasteiger partial charge in [-0.25, -0.2) is 0 Å². The van der Waals surface area contributed by atoms with Crippen LogP contribution in [0.5, 0.6) is 0 Å². The second kappa shape index (κ2) is 11.2. The maximum Gasteiger partial charge on any atom is 0.311 e. The Morgan fingerprint density at radius 3 is 2.62 bits per heavy atom. The van der Waals surface area contributed by atoms with Gasteiger partial charge in [-0.15, -0.1) is 18.3 Å². The molecule has 37 heavy (non-hydrogen) atoms. The Morgan fingerprint density at radius 2 is 2.03 bits per heavy atom. The third kappa shape index (κ3) is 4.61. The molecule has 0 aromatic heterocycles. The Labute approximate surface area is 227 Å². The molecule has 1 N–H and O–H groups in total. The van der Waals surface area contributed by atoms with Crippen LogP contribution in [0.25, 0.3) is 0 Å². The Hall–Kier alpha value is -2.29. The van der Waals surface area contributed by atoms with Crippen molar-refractivity contribution in [1.29, 1.82) is 0 Å². The summed E-state index contributed by atoms with van der Waals surface area (Å²) in [4.78, 5) is 45.1. The molecule has 3 fully saturated rings. The van der Waals surface area contributed by atoms with Crippen LogP contribution in [0.1, 0.15) is 33.1 Å². The van der Waals surface area contributed by atoms with Gasteiger partial charge in [-0.05, 0) is 43.0 Å². The molecule has 2 bridgehead atoms. The SMILES string of the molecule is C=CCOC(=O)[C@@H]1[C@H]2C(=O)N([C@@H](CO)[C@@H](C)CC)C(C(=O)N(CC=C)c3ccc(Cl)cc3)C23CC[C@H]1S3. The van der Waals surface area contributed by atoms with Gasteiger partial charge in [-0.3, -0.25) is 14.4 Å². The number of ether oxygens (including phenoxy) is 1. The molecule has 7 nitrogen and oxygen atoms in total. The van der Waals surface area contributed by atoms with Crippen LogP contribution < -0.4 is 4.90 Å². The van der Waals surface area contributed by atoms with E-state index in [2.05, 4.69) is 13.2 Å². The minimum absolute atomic E-state index is 0.0452. The largest absolute Gasteiger partial charge is 0.461 e. The maximum atomic E-state index is 14.5. The number of rotatable bonds is 11. The average Bonchev–Trinajstić information content (AvgIpc) is 3.54. The number of halogens is 1. The number of aliphatic hydroxyl groups excluding tert-OH is 1. The molecule has 3 saturated heterocycles. The van der Waals surface area contributed by atoms with Gasteiger partial charge in [-0.1, -0.05) is 50.6 Å². The van der Waals surface area contributed by atoms with Crippen LogP contribution in [0.2, 0.25) is 5.02 Å². The topological polar surface area (TPSA) is 87.1 Å². The average molecular weight is 547 g/mol. The van der Waals surface area contributed by atoms with E-state index in [1.807, 2.05) is 13.8 Å². The summed E-state index contributed by atoms with van der Waals surface area (Å²) in [6.07, 6.45) is 5.23. The summed E-state index contributed by atoms with van der Waals surface area (Å²) in [5.74, 6) is -2.27. The number of fused-ring (bicyclic) bond motifs is 1. The first kappa shape index (κ1) is 27.7. The summed E-state index contributed by atoms with van der Waals surface area (Å²) in [7, 11) is 0. The van der Waals surface area contributed by atoms with Gasteiger partial charge in [0, 0.05) is 22.5 Å². The molecule has 0 aliphatic carbocycles. The molecule has 2 unspecified atom stereocenters. The number of esters is 1. The lowest BCUT2D eigenvalue weighted by Gasteiger charge is -2.41. The number of benzene rings is 1. The van der Waals surface area contributed by atoms with E-state index in [0.29, 0.717) is 17.1 Å². The molecule has 1 aromatic carbocycles. The molecule has 1 aromatic rings. The molecular weight excluding hydrogens is 512 g/mol. The number of hydrogen-bond donors (Lipinski definition) is 1. The lowest BCUT2D eigenvalue weighted by Crippen LogP contribution is -2.58. The first-order valence-corrected chi connectivity index (χ1v) is 14.1. The van der Waals surface area contributed by atoms with Crippen LogP contribution >= 0.6 is 23.4 Å². The first-order valence-electron chi connectivity index (χ1n) is 12.8. The van der Waals surface area contributed by atoms with E-state index in [9.17, 15) is 19.5 Å². The van der Waals surface area contributed by atoms with E-state index in [4.69, 9.17) is 16.3 Å². The fourth-order valence-corrected chi connectivity index (χ4v) is 8.58. The van der Waals surface area contributed by atoms with Crippen molar-refractivity contribution in [1.82, 2.24) is 4.90 Å². The number of carbonyl (C=O) groups excluding carboxylic acids is 3. The fraction of sp³-hybridized carbons (Fsp3) is 0.536. The number of amides is 2. The van der Waals surface area contributed by atoms with Crippen LogP contribution in [0, 0.1) is 17.8 Å². The zero-order valence-corrected chi connectivity index (χ0v) is 22.9. The third-order valence-electron chi connectivity index (χ3n) is 8.15. The number of hydrogen-bond acceptors (Lipinski definition) is 6. The van der Waals surface area contributed by atoms with Gasteiger partial charge in [0.2, 0.25) is 5.91 Å². The number of likely N-dealkylation sites (tertiary alicyclic amines) is 1. The number of anilines is 1. The Balaban J connectivity index is 1.82. The summed E-state index contributed by atoms with van der Waals surface area (Å²) >= 11 is 7.68. The van der Waals surface area contributed by atoms with Crippen molar-refractivity contribution in [3.63, 3.8) is 0 Å². The highest BCUT2D eigenvalue weighted by Gasteiger charge is 2.75. The fourth-order valence-electron chi connectivity index (χ4n) is 6.27. The van der Waals surface area contributed by atoms with Gasteiger partial charge in [0.15, 0.2) is 0 Å². The van der Waals surface area contributed by atoms with Crippen LogP contribution in [0.15, 0.2) is 49.6 Å². The second-order valence-corrected chi connectivity index (χ2v) is 12.1. The quantitative estimate of drug-likeness (QED) is 0.332. The van der Waals surface area contributed by atoms with Gasteiger partial charge >= 0.3 is 5.97 Å². The molecule has 9 heteroatoms. The van der Waals surface area contributed by atoms with Gasteiger partial charge in [-0.2, -0.15) is 0 Å². The second-order valence-electron chi connectivity index (χ2n) is 10.1. The Bertz CT molecular complexity index is 1070. The summed E-state index contributed by atoms with van der Waals surface area (Å²) in [5, 5.41) is 10.9. The summed E-state index contributed by atoms with van der Waals surface area (Å²) < 4.78 is 4.65. The maximum absolute atomic E-state index is 14.5.